The molecule has 0 unspecified atom stereocenters. The number of Topliss-reactive ketones (excluding diaryl/α,β-unsaturated/α-hetero) is 1. The van der Waals surface area contributed by atoms with E-state index < -0.39 is 0 Å². The van der Waals surface area contributed by atoms with Crippen molar-refractivity contribution in [3.05, 3.63) is 52.5 Å². The van der Waals surface area contributed by atoms with E-state index in [4.69, 9.17) is 4.42 Å². The van der Waals surface area contributed by atoms with Crippen LogP contribution < -0.4 is 5.32 Å². The number of ketones is 1. The zero-order chi connectivity index (χ0) is 19.6. The van der Waals surface area contributed by atoms with E-state index in [1.165, 1.54) is 6.92 Å². The quantitative estimate of drug-likeness (QED) is 0.872. The summed E-state index contributed by atoms with van der Waals surface area (Å²) in [6, 6.07) is 7.38. The average Bonchev–Trinajstić information content (AvgIpc) is 2.98. The molecule has 27 heavy (non-hydrogen) atoms. The molecule has 6 nitrogen and oxygen atoms in total. The summed E-state index contributed by atoms with van der Waals surface area (Å²) in [5.41, 5.74) is 2.73. The van der Waals surface area contributed by atoms with Crippen molar-refractivity contribution in [2.45, 2.75) is 46.6 Å². The van der Waals surface area contributed by atoms with E-state index in [9.17, 15) is 14.4 Å². The largest absolute Gasteiger partial charge is 0.455 e. The van der Waals surface area contributed by atoms with E-state index in [1.807, 2.05) is 25.1 Å². The molecule has 3 rings (SSSR count). The zero-order valence-corrected chi connectivity index (χ0v) is 15.9. The topological polar surface area (TPSA) is 79.6 Å². The molecule has 2 amide bonds. The lowest BCUT2D eigenvalue weighted by Crippen LogP contribution is -2.27. The molecule has 2 aromatic rings. The highest BCUT2D eigenvalue weighted by molar-refractivity contribution is 6.07. The van der Waals surface area contributed by atoms with Crippen molar-refractivity contribution >= 4 is 23.3 Å². The van der Waals surface area contributed by atoms with Crippen LogP contribution in [0.2, 0.25) is 0 Å². The Labute approximate surface area is 158 Å². The fraction of sp³-hybridized carbons (Fsp3) is 0.381. The van der Waals surface area contributed by atoms with E-state index >= 15 is 0 Å². The number of carbonyl (C=O) groups is 3. The van der Waals surface area contributed by atoms with Gasteiger partial charge in [-0.05, 0) is 38.0 Å². The molecule has 0 saturated carbocycles. The van der Waals surface area contributed by atoms with Gasteiger partial charge in [0.15, 0.2) is 11.5 Å². The van der Waals surface area contributed by atoms with Gasteiger partial charge in [-0.25, -0.2) is 0 Å². The van der Waals surface area contributed by atoms with Gasteiger partial charge in [0.05, 0.1) is 5.56 Å². The van der Waals surface area contributed by atoms with Crippen molar-refractivity contribution in [3.8, 4) is 0 Å². The Morgan fingerprint density at radius 1 is 1.26 bits per heavy atom. The Bertz CT molecular complexity index is 898. The highest BCUT2D eigenvalue weighted by Gasteiger charge is 2.28. The van der Waals surface area contributed by atoms with Crippen LogP contribution in [0.15, 0.2) is 28.7 Å². The number of amides is 2. The molecule has 1 aromatic heterocycles. The van der Waals surface area contributed by atoms with Crippen LogP contribution >= 0.6 is 0 Å². The molecule has 0 spiro atoms. The van der Waals surface area contributed by atoms with Crippen molar-refractivity contribution in [1.82, 2.24) is 4.90 Å². The number of benzene rings is 1. The van der Waals surface area contributed by atoms with Gasteiger partial charge in [0.2, 0.25) is 5.91 Å². The molecule has 1 aromatic carbocycles. The number of nitrogens with one attached hydrogen (secondary N) is 1. The molecule has 1 heterocycles. The summed E-state index contributed by atoms with van der Waals surface area (Å²) in [6.07, 6.45) is 1.94. The Kier molecular flexibility index (Phi) is 5.44. The average molecular weight is 368 g/mol. The molecule has 0 bridgehead atoms. The van der Waals surface area contributed by atoms with E-state index in [-0.39, 0.29) is 23.4 Å². The van der Waals surface area contributed by atoms with Gasteiger partial charge < -0.3 is 14.6 Å². The van der Waals surface area contributed by atoms with Crippen molar-refractivity contribution in [2.24, 2.45) is 0 Å². The molecule has 0 radical (unpaired) electrons. The van der Waals surface area contributed by atoms with Crippen LogP contribution in [0.3, 0.4) is 0 Å². The number of carbonyl (C=O) groups excluding carboxylic acids is 3. The number of furan rings is 1. The van der Waals surface area contributed by atoms with Crippen LogP contribution in [0.5, 0.6) is 0 Å². The molecule has 0 saturated heterocycles. The van der Waals surface area contributed by atoms with Crippen LogP contribution in [-0.4, -0.2) is 29.0 Å². The van der Waals surface area contributed by atoms with Gasteiger partial charge in [-0.2, -0.15) is 0 Å². The minimum atomic E-state index is -0.370. The molecule has 1 N–H and O–H groups in total. The summed E-state index contributed by atoms with van der Waals surface area (Å²) in [5.74, 6) is 0.490. The fourth-order valence-electron chi connectivity index (χ4n) is 3.47. The Morgan fingerprint density at radius 2 is 2.04 bits per heavy atom. The standard InChI is InChI=1S/C21H24N2O4/c1-4-23(14(3)24)12-15-7-5-8-16(11-15)22-21(26)20-13(2)19-17(25)9-6-10-18(19)27-20/h5,7-8,11H,4,6,9-10,12H2,1-3H3,(H,22,26). The Balaban J connectivity index is 1.78. The summed E-state index contributed by atoms with van der Waals surface area (Å²) in [4.78, 5) is 38.1. The summed E-state index contributed by atoms with van der Waals surface area (Å²) in [6.45, 7) is 6.33. The van der Waals surface area contributed by atoms with Gasteiger partial charge >= 0.3 is 0 Å². The number of rotatable bonds is 5. The monoisotopic (exact) mass is 368 g/mol. The number of hydrogen-bond acceptors (Lipinski definition) is 4. The number of nitrogens with zero attached hydrogens (tertiary/aromatic N) is 1. The smallest absolute Gasteiger partial charge is 0.291 e. The number of anilines is 1. The second-order valence-electron chi connectivity index (χ2n) is 6.82. The molecule has 1 aliphatic rings. The lowest BCUT2D eigenvalue weighted by molar-refractivity contribution is -0.129. The normalized spacial score (nSPS) is 13.2. The third-order valence-electron chi connectivity index (χ3n) is 4.90. The summed E-state index contributed by atoms with van der Waals surface area (Å²) in [7, 11) is 0. The minimum absolute atomic E-state index is 0.00777. The zero-order valence-electron chi connectivity index (χ0n) is 15.9. The molecule has 142 valence electrons. The second-order valence-corrected chi connectivity index (χ2v) is 6.82. The lowest BCUT2D eigenvalue weighted by atomic mass is 9.94. The summed E-state index contributed by atoms with van der Waals surface area (Å²) in [5, 5.41) is 2.84. The van der Waals surface area contributed by atoms with Crippen LogP contribution in [-0.2, 0) is 17.8 Å². The molecule has 1 aliphatic carbocycles. The maximum absolute atomic E-state index is 12.7. The van der Waals surface area contributed by atoms with Crippen LogP contribution in [0.4, 0.5) is 5.69 Å². The molecule has 0 atom stereocenters. The highest BCUT2D eigenvalue weighted by atomic mass is 16.4. The predicted molar refractivity (Wildman–Crippen MR) is 102 cm³/mol. The molecular formula is C21H24N2O4. The Morgan fingerprint density at radius 3 is 2.70 bits per heavy atom. The Hall–Kier alpha value is -2.89. The van der Waals surface area contributed by atoms with Crippen molar-refractivity contribution in [1.29, 1.82) is 0 Å². The molecule has 0 fully saturated rings. The lowest BCUT2D eigenvalue weighted by Gasteiger charge is -2.19. The summed E-state index contributed by atoms with van der Waals surface area (Å²) < 4.78 is 5.70. The third-order valence-corrected chi connectivity index (χ3v) is 4.90. The van der Waals surface area contributed by atoms with Crippen molar-refractivity contribution in [2.75, 3.05) is 11.9 Å². The first-order chi connectivity index (χ1) is 12.9. The van der Waals surface area contributed by atoms with E-state index in [0.29, 0.717) is 48.5 Å². The maximum atomic E-state index is 12.7. The van der Waals surface area contributed by atoms with E-state index in [1.54, 1.807) is 17.9 Å². The van der Waals surface area contributed by atoms with E-state index in [2.05, 4.69) is 5.32 Å². The first kappa shape index (κ1) is 18.9. The molecule has 6 heteroatoms. The number of hydrogen-bond donors (Lipinski definition) is 1. The predicted octanol–water partition coefficient (Wildman–Crippen LogP) is 3.73. The first-order valence-electron chi connectivity index (χ1n) is 9.22. The van der Waals surface area contributed by atoms with Crippen molar-refractivity contribution < 1.29 is 18.8 Å². The second kappa shape index (κ2) is 7.78. The fourth-order valence-corrected chi connectivity index (χ4v) is 3.47. The third kappa shape index (κ3) is 3.94. The SMILES string of the molecule is CCN(Cc1cccc(NC(=O)c2oc3c(c2C)C(=O)CCC3)c1)C(C)=O. The van der Waals surface area contributed by atoms with Crippen LogP contribution in [0.1, 0.15) is 64.5 Å². The number of aryl methyl sites for hydroxylation is 1. The first-order valence-corrected chi connectivity index (χ1v) is 9.22. The minimum Gasteiger partial charge on any atom is -0.455 e. The molecule has 0 aliphatic heterocycles. The van der Waals surface area contributed by atoms with Gasteiger partial charge in [0, 0.05) is 44.1 Å². The van der Waals surface area contributed by atoms with Crippen LogP contribution in [0.25, 0.3) is 0 Å². The van der Waals surface area contributed by atoms with Crippen molar-refractivity contribution in [3.63, 3.8) is 0 Å². The highest BCUT2D eigenvalue weighted by Crippen LogP contribution is 2.29. The summed E-state index contributed by atoms with van der Waals surface area (Å²) >= 11 is 0. The molecular weight excluding hydrogens is 344 g/mol. The van der Waals surface area contributed by atoms with Gasteiger partial charge in [-0.15, -0.1) is 0 Å². The van der Waals surface area contributed by atoms with Gasteiger partial charge in [-0.1, -0.05) is 12.1 Å². The maximum Gasteiger partial charge on any atom is 0.291 e. The van der Waals surface area contributed by atoms with Crippen LogP contribution in [0, 0.1) is 6.92 Å². The van der Waals surface area contributed by atoms with Gasteiger partial charge in [0.1, 0.15) is 5.76 Å². The number of fused-ring (bicyclic) bond motifs is 1. The van der Waals surface area contributed by atoms with Gasteiger partial charge in [-0.3, -0.25) is 14.4 Å². The van der Waals surface area contributed by atoms with Gasteiger partial charge in [0.25, 0.3) is 5.91 Å². The van der Waals surface area contributed by atoms with E-state index in [0.717, 1.165) is 12.0 Å².